The predicted molar refractivity (Wildman–Crippen MR) is 88.7 cm³/mol. The van der Waals surface area contributed by atoms with E-state index in [4.69, 9.17) is 4.99 Å². The van der Waals surface area contributed by atoms with Gasteiger partial charge in [0.05, 0.1) is 0 Å². The Labute approximate surface area is 129 Å². The smallest absolute Gasteiger partial charge is 0.157 e. The molecule has 1 unspecified atom stereocenters. The first-order valence-corrected chi connectivity index (χ1v) is 9.28. The molecule has 2 aliphatic rings. The van der Waals surface area contributed by atoms with Crippen molar-refractivity contribution in [3.8, 4) is 0 Å². The third-order valence-electron chi connectivity index (χ3n) is 4.40. The molecule has 1 saturated carbocycles. The summed E-state index contributed by atoms with van der Waals surface area (Å²) in [5.41, 5.74) is 0.328. The molecule has 1 aromatic rings. The van der Waals surface area contributed by atoms with E-state index < -0.39 is 0 Å². The topological polar surface area (TPSA) is 37.3 Å². The Morgan fingerprint density at radius 3 is 2.85 bits per heavy atom. The van der Waals surface area contributed by atoms with Crippen molar-refractivity contribution in [2.75, 3.05) is 5.75 Å². The highest BCUT2D eigenvalue weighted by Crippen LogP contribution is 2.39. The molecule has 0 amide bonds. The second kappa shape index (κ2) is 5.68. The molecule has 2 fully saturated rings. The van der Waals surface area contributed by atoms with E-state index in [2.05, 4.69) is 31.1 Å². The number of aromatic nitrogens is 1. The quantitative estimate of drug-likeness (QED) is 0.891. The lowest BCUT2D eigenvalue weighted by Gasteiger charge is -2.35. The lowest BCUT2D eigenvalue weighted by molar-refractivity contribution is 0.250. The van der Waals surface area contributed by atoms with Gasteiger partial charge in [0.1, 0.15) is 11.0 Å². The number of amidine groups is 1. The minimum atomic E-state index is 0.168. The highest BCUT2D eigenvalue weighted by atomic mass is 32.2. The van der Waals surface area contributed by atoms with Crippen LogP contribution in [0.3, 0.4) is 0 Å². The standard InChI is InChI=1S/C15H23N3S2/c1-10-4-6-15(7-5-10)9-19-14(18-15)17-12(3)13-16-8-11(2)20-13/h8,10,12H,4-7,9H2,1-3H3,(H,17,18). The van der Waals surface area contributed by atoms with Crippen molar-refractivity contribution in [1.29, 1.82) is 0 Å². The van der Waals surface area contributed by atoms with Gasteiger partial charge in [0.2, 0.25) is 0 Å². The molecule has 0 radical (unpaired) electrons. The van der Waals surface area contributed by atoms with Crippen molar-refractivity contribution in [2.45, 2.75) is 58.0 Å². The molecule has 110 valence electrons. The van der Waals surface area contributed by atoms with Crippen LogP contribution in [0.15, 0.2) is 11.2 Å². The number of thioether (sulfide) groups is 1. The summed E-state index contributed by atoms with van der Waals surface area (Å²) in [5.74, 6) is 2.08. The molecular formula is C15H23N3S2. The summed E-state index contributed by atoms with van der Waals surface area (Å²) >= 11 is 3.65. The molecule has 1 atom stereocenters. The van der Waals surface area contributed by atoms with Gasteiger partial charge in [-0.2, -0.15) is 0 Å². The first kappa shape index (κ1) is 14.4. The van der Waals surface area contributed by atoms with Crippen molar-refractivity contribution >= 4 is 28.3 Å². The van der Waals surface area contributed by atoms with Crippen LogP contribution in [0, 0.1) is 12.8 Å². The third kappa shape index (κ3) is 3.03. The Balaban J connectivity index is 1.66. The number of aryl methyl sites for hydroxylation is 1. The summed E-state index contributed by atoms with van der Waals surface area (Å²) < 4.78 is 0. The average Bonchev–Trinajstić information content (AvgIpc) is 3.01. The molecule has 1 aromatic heterocycles. The first-order chi connectivity index (χ1) is 9.56. The average molecular weight is 310 g/mol. The molecule has 1 spiro atoms. The molecule has 3 rings (SSSR count). The summed E-state index contributed by atoms with van der Waals surface area (Å²) in [6.07, 6.45) is 7.23. The SMILES string of the molecule is Cc1cnc(C(C)N=C2NC3(CCC(C)CC3)CS2)s1. The molecule has 1 aliphatic heterocycles. The van der Waals surface area contributed by atoms with E-state index >= 15 is 0 Å². The maximum Gasteiger partial charge on any atom is 0.157 e. The molecule has 1 aliphatic carbocycles. The molecule has 1 N–H and O–H groups in total. The third-order valence-corrected chi connectivity index (χ3v) is 6.66. The van der Waals surface area contributed by atoms with Gasteiger partial charge in [-0.25, -0.2) is 4.98 Å². The van der Waals surface area contributed by atoms with E-state index in [-0.39, 0.29) is 6.04 Å². The monoisotopic (exact) mass is 309 g/mol. The number of hydrogen-bond acceptors (Lipinski definition) is 4. The fourth-order valence-electron chi connectivity index (χ4n) is 2.96. The van der Waals surface area contributed by atoms with Gasteiger partial charge in [0.15, 0.2) is 5.17 Å². The van der Waals surface area contributed by atoms with Crippen LogP contribution in [0.25, 0.3) is 0 Å². The Morgan fingerprint density at radius 2 is 2.20 bits per heavy atom. The summed E-state index contributed by atoms with van der Waals surface area (Å²) in [6.45, 7) is 6.61. The van der Waals surface area contributed by atoms with Gasteiger partial charge in [0, 0.05) is 22.4 Å². The number of aliphatic imine (C=N–C) groups is 1. The lowest BCUT2D eigenvalue weighted by Crippen LogP contribution is -2.46. The Bertz CT molecular complexity index is 501. The number of hydrogen-bond donors (Lipinski definition) is 1. The van der Waals surface area contributed by atoms with Crippen molar-refractivity contribution in [1.82, 2.24) is 10.3 Å². The Kier molecular flexibility index (Phi) is 4.09. The van der Waals surface area contributed by atoms with Gasteiger partial charge in [-0.15, -0.1) is 11.3 Å². The summed E-state index contributed by atoms with van der Waals surface area (Å²) in [7, 11) is 0. The fraction of sp³-hybridized carbons (Fsp3) is 0.733. The van der Waals surface area contributed by atoms with Crippen LogP contribution in [0.4, 0.5) is 0 Å². The van der Waals surface area contributed by atoms with Crippen LogP contribution in [0.2, 0.25) is 0 Å². The van der Waals surface area contributed by atoms with Crippen LogP contribution >= 0.6 is 23.1 Å². The summed E-state index contributed by atoms with van der Waals surface area (Å²) in [5, 5.41) is 5.97. The van der Waals surface area contributed by atoms with Crippen molar-refractivity contribution in [3.63, 3.8) is 0 Å². The molecular weight excluding hydrogens is 286 g/mol. The van der Waals surface area contributed by atoms with Crippen LogP contribution in [-0.2, 0) is 0 Å². The zero-order valence-electron chi connectivity index (χ0n) is 12.5. The molecule has 0 bridgehead atoms. The van der Waals surface area contributed by atoms with Gasteiger partial charge < -0.3 is 5.32 Å². The highest BCUT2D eigenvalue weighted by Gasteiger charge is 2.39. The van der Waals surface area contributed by atoms with E-state index in [1.165, 1.54) is 36.3 Å². The van der Waals surface area contributed by atoms with Crippen molar-refractivity contribution < 1.29 is 0 Å². The number of nitrogens with zero attached hydrogens (tertiary/aromatic N) is 2. The van der Waals surface area contributed by atoms with Crippen LogP contribution in [0.5, 0.6) is 0 Å². The Hall–Kier alpha value is -0.550. The predicted octanol–water partition coefficient (Wildman–Crippen LogP) is 4.15. The minimum absolute atomic E-state index is 0.168. The van der Waals surface area contributed by atoms with Gasteiger partial charge in [-0.05, 0) is 45.4 Å². The second-order valence-electron chi connectivity index (χ2n) is 6.30. The van der Waals surface area contributed by atoms with E-state index in [0.717, 1.165) is 16.1 Å². The molecule has 3 nitrogen and oxygen atoms in total. The van der Waals surface area contributed by atoms with Crippen LogP contribution in [0.1, 0.15) is 55.5 Å². The van der Waals surface area contributed by atoms with Gasteiger partial charge >= 0.3 is 0 Å². The normalized spacial score (nSPS) is 33.5. The van der Waals surface area contributed by atoms with Gasteiger partial charge in [-0.3, -0.25) is 4.99 Å². The number of thiazole rings is 1. The van der Waals surface area contributed by atoms with E-state index in [1.54, 1.807) is 11.3 Å². The van der Waals surface area contributed by atoms with Crippen molar-refractivity contribution in [2.24, 2.45) is 10.9 Å². The maximum absolute atomic E-state index is 4.84. The zero-order chi connectivity index (χ0) is 14.2. The van der Waals surface area contributed by atoms with Gasteiger partial charge in [0.25, 0.3) is 0 Å². The second-order valence-corrected chi connectivity index (χ2v) is 8.53. The molecule has 2 heterocycles. The Morgan fingerprint density at radius 1 is 1.45 bits per heavy atom. The molecule has 1 saturated heterocycles. The zero-order valence-corrected chi connectivity index (χ0v) is 14.1. The minimum Gasteiger partial charge on any atom is -0.359 e. The largest absolute Gasteiger partial charge is 0.359 e. The van der Waals surface area contributed by atoms with E-state index in [0.29, 0.717) is 5.54 Å². The van der Waals surface area contributed by atoms with Gasteiger partial charge in [-0.1, -0.05) is 18.7 Å². The lowest BCUT2D eigenvalue weighted by atomic mass is 9.78. The van der Waals surface area contributed by atoms with Crippen molar-refractivity contribution in [3.05, 3.63) is 16.1 Å². The first-order valence-electron chi connectivity index (χ1n) is 7.47. The highest BCUT2D eigenvalue weighted by molar-refractivity contribution is 8.14. The van der Waals surface area contributed by atoms with Crippen LogP contribution < -0.4 is 5.32 Å². The summed E-state index contributed by atoms with van der Waals surface area (Å²) in [6, 6.07) is 0.168. The number of rotatable bonds is 2. The number of nitrogens with one attached hydrogen (secondary N) is 1. The fourth-order valence-corrected chi connectivity index (χ4v) is 5.01. The molecule has 20 heavy (non-hydrogen) atoms. The van der Waals surface area contributed by atoms with E-state index in [1.807, 2.05) is 18.0 Å². The maximum atomic E-state index is 4.84. The molecule has 5 heteroatoms. The van der Waals surface area contributed by atoms with Crippen LogP contribution in [-0.4, -0.2) is 21.4 Å². The summed E-state index contributed by atoms with van der Waals surface area (Å²) in [4.78, 5) is 10.6. The molecule has 0 aromatic carbocycles. The van der Waals surface area contributed by atoms with E-state index in [9.17, 15) is 0 Å².